The quantitative estimate of drug-likeness (QED) is 0.832. The Balaban J connectivity index is 1.64. The van der Waals surface area contributed by atoms with Gasteiger partial charge in [-0.05, 0) is 36.1 Å². The molecule has 2 aromatic rings. The molecule has 0 aliphatic carbocycles. The number of carbonyl (C=O) groups is 1. The Hall–Kier alpha value is -2.69. The summed E-state index contributed by atoms with van der Waals surface area (Å²) in [5.74, 6) is 0.705. The average molecular weight is 382 g/mol. The van der Waals surface area contributed by atoms with E-state index < -0.39 is 0 Å². The summed E-state index contributed by atoms with van der Waals surface area (Å²) in [5, 5.41) is 3.00. The van der Waals surface area contributed by atoms with E-state index in [1.165, 1.54) is 11.3 Å². The van der Waals surface area contributed by atoms with Crippen LogP contribution in [-0.4, -0.2) is 43.7 Å². The number of para-hydroxylation sites is 3. The molecule has 0 spiro atoms. The number of ether oxygens (including phenoxy) is 1. The number of piperazine rings is 1. The summed E-state index contributed by atoms with van der Waals surface area (Å²) in [6.07, 6.45) is 0. The summed E-state index contributed by atoms with van der Waals surface area (Å²) in [6.45, 7) is 12.3. The number of nitrogens with zero attached hydrogens (tertiary/aromatic N) is 2. The van der Waals surface area contributed by atoms with Crippen LogP contribution in [0.15, 0.2) is 48.5 Å². The van der Waals surface area contributed by atoms with Gasteiger partial charge in [0, 0.05) is 31.9 Å². The molecule has 0 saturated carbocycles. The molecular weight excluding hydrogens is 350 g/mol. The summed E-state index contributed by atoms with van der Waals surface area (Å²) in [4.78, 5) is 17.0. The molecule has 1 heterocycles. The van der Waals surface area contributed by atoms with Gasteiger partial charge in [-0.1, -0.05) is 51.1 Å². The van der Waals surface area contributed by atoms with E-state index in [-0.39, 0.29) is 11.4 Å². The lowest BCUT2D eigenvalue weighted by Crippen LogP contribution is -2.50. The van der Waals surface area contributed by atoms with E-state index in [1.54, 1.807) is 0 Å². The van der Waals surface area contributed by atoms with E-state index in [0.717, 1.165) is 18.8 Å². The van der Waals surface area contributed by atoms with Crippen molar-refractivity contribution in [2.75, 3.05) is 43.0 Å². The van der Waals surface area contributed by atoms with Gasteiger partial charge in [-0.2, -0.15) is 0 Å². The maximum Gasteiger partial charge on any atom is 0.322 e. The lowest BCUT2D eigenvalue weighted by Gasteiger charge is -2.38. The minimum absolute atomic E-state index is 0.0732. The second kappa shape index (κ2) is 8.55. The van der Waals surface area contributed by atoms with Gasteiger partial charge < -0.3 is 19.9 Å². The monoisotopic (exact) mass is 381 g/mol. The molecule has 150 valence electrons. The third-order valence-electron chi connectivity index (χ3n) is 5.05. The Morgan fingerprint density at radius 2 is 1.64 bits per heavy atom. The van der Waals surface area contributed by atoms with Gasteiger partial charge in [0.15, 0.2) is 0 Å². The van der Waals surface area contributed by atoms with Gasteiger partial charge in [0.2, 0.25) is 0 Å². The SMILES string of the molecule is CCOc1ccccc1NC(=O)N1CCN(c2ccccc2C(C)(C)C)CC1. The number of hydrogen-bond acceptors (Lipinski definition) is 3. The predicted octanol–water partition coefficient (Wildman–Crippen LogP) is 4.74. The Bertz CT molecular complexity index is 805. The first-order valence-corrected chi connectivity index (χ1v) is 10.0. The van der Waals surface area contributed by atoms with Crippen molar-refractivity contribution in [3.05, 3.63) is 54.1 Å². The minimum atomic E-state index is -0.0732. The molecule has 2 aromatic carbocycles. The van der Waals surface area contributed by atoms with Crippen molar-refractivity contribution in [2.24, 2.45) is 0 Å². The smallest absolute Gasteiger partial charge is 0.322 e. The molecular formula is C23H31N3O2. The molecule has 0 aromatic heterocycles. The lowest BCUT2D eigenvalue weighted by molar-refractivity contribution is 0.208. The molecule has 3 rings (SSSR count). The topological polar surface area (TPSA) is 44.8 Å². The zero-order valence-corrected chi connectivity index (χ0v) is 17.4. The number of urea groups is 1. The summed E-state index contributed by atoms with van der Waals surface area (Å²) in [5.41, 5.74) is 3.43. The number of amides is 2. The van der Waals surface area contributed by atoms with E-state index in [9.17, 15) is 4.79 Å². The highest BCUT2D eigenvalue weighted by molar-refractivity contribution is 5.91. The van der Waals surface area contributed by atoms with E-state index in [4.69, 9.17) is 4.74 Å². The molecule has 1 fully saturated rings. The van der Waals surface area contributed by atoms with Crippen molar-refractivity contribution in [2.45, 2.75) is 33.1 Å². The van der Waals surface area contributed by atoms with Crippen LogP contribution in [0, 0.1) is 0 Å². The number of carbonyl (C=O) groups excluding carboxylic acids is 1. The summed E-state index contributed by atoms with van der Waals surface area (Å²) in [6, 6.07) is 16.1. The molecule has 1 saturated heterocycles. The number of benzene rings is 2. The Morgan fingerprint density at radius 1 is 1.00 bits per heavy atom. The highest BCUT2D eigenvalue weighted by Crippen LogP contribution is 2.32. The normalized spacial score (nSPS) is 14.7. The molecule has 2 amide bonds. The zero-order chi connectivity index (χ0) is 20.1. The van der Waals surface area contributed by atoms with Gasteiger partial charge in [0.25, 0.3) is 0 Å². The van der Waals surface area contributed by atoms with Crippen molar-refractivity contribution >= 4 is 17.4 Å². The molecule has 0 bridgehead atoms. The van der Waals surface area contributed by atoms with E-state index >= 15 is 0 Å². The fourth-order valence-electron chi connectivity index (χ4n) is 3.58. The summed E-state index contributed by atoms with van der Waals surface area (Å²) >= 11 is 0. The van der Waals surface area contributed by atoms with Crippen LogP contribution in [0.1, 0.15) is 33.3 Å². The third-order valence-corrected chi connectivity index (χ3v) is 5.05. The van der Waals surface area contributed by atoms with Gasteiger partial charge in [0.05, 0.1) is 12.3 Å². The fourth-order valence-corrected chi connectivity index (χ4v) is 3.58. The highest BCUT2D eigenvalue weighted by Gasteiger charge is 2.26. The molecule has 0 atom stereocenters. The maximum atomic E-state index is 12.7. The van der Waals surface area contributed by atoms with Gasteiger partial charge >= 0.3 is 6.03 Å². The van der Waals surface area contributed by atoms with E-state index in [1.807, 2.05) is 36.1 Å². The fraction of sp³-hybridized carbons (Fsp3) is 0.435. The van der Waals surface area contributed by atoms with Crippen LogP contribution >= 0.6 is 0 Å². The first kappa shape index (κ1) is 20.1. The standard InChI is InChI=1S/C23H31N3O2/c1-5-28-21-13-9-7-11-19(21)24-22(27)26-16-14-25(15-17-26)20-12-8-6-10-18(20)23(2,3)4/h6-13H,5,14-17H2,1-4H3,(H,24,27). The third kappa shape index (κ3) is 4.58. The second-order valence-corrected chi connectivity index (χ2v) is 8.10. The zero-order valence-electron chi connectivity index (χ0n) is 17.4. The second-order valence-electron chi connectivity index (χ2n) is 8.10. The number of hydrogen-bond donors (Lipinski definition) is 1. The van der Waals surface area contributed by atoms with Crippen LogP contribution in [0.4, 0.5) is 16.2 Å². The Morgan fingerprint density at radius 3 is 2.32 bits per heavy atom. The average Bonchev–Trinajstić information content (AvgIpc) is 2.69. The van der Waals surface area contributed by atoms with Gasteiger partial charge in [-0.3, -0.25) is 0 Å². The Kier molecular flexibility index (Phi) is 6.12. The van der Waals surface area contributed by atoms with Crippen LogP contribution < -0.4 is 15.0 Å². The first-order chi connectivity index (χ1) is 13.4. The van der Waals surface area contributed by atoms with Crippen LogP contribution in [0.25, 0.3) is 0 Å². The summed E-state index contributed by atoms with van der Waals surface area (Å²) < 4.78 is 5.60. The minimum Gasteiger partial charge on any atom is -0.492 e. The lowest BCUT2D eigenvalue weighted by atomic mass is 9.85. The number of anilines is 2. The van der Waals surface area contributed by atoms with Crippen molar-refractivity contribution in [1.29, 1.82) is 0 Å². The van der Waals surface area contributed by atoms with E-state index in [2.05, 4.69) is 55.3 Å². The van der Waals surface area contributed by atoms with Gasteiger partial charge in [-0.15, -0.1) is 0 Å². The first-order valence-electron chi connectivity index (χ1n) is 10.0. The van der Waals surface area contributed by atoms with Crippen molar-refractivity contribution in [1.82, 2.24) is 4.90 Å². The highest BCUT2D eigenvalue weighted by atomic mass is 16.5. The molecule has 28 heavy (non-hydrogen) atoms. The molecule has 1 N–H and O–H groups in total. The maximum absolute atomic E-state index is 12.7. The predicted molar refractivity (Wildman–Crippen MR) is 116 cm³/mol. The largest absolute Gasteiger partial charge is 0.492 e. The summed E-state index contributed by atoms with van der Waals surface area (Å²) in [7, 11) is 0. The molecule has 5 heteroatoms. The van der Waals surface area contributed by atoms with Crippen LogP contribution in [0.2, 0.25) is 0 Å². The van der Waals surface area contributed by atoms with Crippen molar-refractivity contribution in [3.63, 3.8) is 0 Å². The number of nitrogens with one attached hydrogen (secondary N) is 1. The van der Waals surface area contributed by atoms with Crippen molar-refractivity contribution in [3.8, 4) is 5.75 Å². The number of rotatable bonds is 4. The molecule has 0 unspecified atom stereocenters. The van der Waals surface area contributed by atoms with Crippen LogP contribution in [0.3, 0.4) is 0 Å². The van der Waals surface area contributed by atoms with Crippen LogP contribution in [0.5, 0.6) is 5.75 Å². The van der Waals surface area contributed by atoms with Gasteiger partial charge in [-0.25, -0.2) is 4.79 Å². The molecule has 0 radical (unpaired) electrons. The molecule has 1 aliphatic heterocycles. The Labute approximate surface area is 168 Å². The van der Waals surface area contributed by atoms with Crippen LogP contribution in [-0.2, 0) is 5.41 Å². The van der Waals surface area contributed by atoms with Crippen molar-refractivity contribution < 1.29 is 9.53 Å². The molecule has 5 nitrogen and oxygen atoms in total. The molecule has 1 aliphatic rings. The van der Waals surface area contributed by atoms with Gasteiger partial charge in [0.1, 0.15) is 5.75 Å². The van der Waals surface area contributed by atoms with E-state index in [0.29, 0.717) is 25.4 Å².